The summed E-state index contributed by atoms with van der Waals surface area (Å²) in [6.07, 6.45) is 2.59. The Kier molecular flexibility index (Phi) is 6.21. The van der Waals surface area contributed by atoms with Gasteiger partial charge in [0.15, 0.2) is 0 Å². The van der Waals surface area contributed by atoms with Crippen molar-refractivity contribution in [2.24, 2.45) is 0 Å². The maximum absolute atomic E-state index is 13.0. The van der Waals surface area contributed by atoms with E-state index in [-0.39, 0.29) is 10.9 Å². The smallest absolute Gasteiger partial charge is 0.207 e. The van der Waals surface area contributed by atoms with Gasteiger partial charge in [0.05, 0.1) is 9.79 Å². The molecule has 1 aromatic carbocycles. The second kappa shape index (κ2) is 7.08. The molecular weight excluding hydrogens is 337 g/mol. The van der Waals surface area contributed by atoms with Gasteiger partial charge in [-0.3, -0.25) is 0 Å². The molecule has 120 valence electrons. The van der Waals surface area contributed by atoms with Crippen molar-refractivity contribution in [2.45, 2.75) is 29.2 Å². The molecule has 1 aromatic rings. The highest BCUT2D eigenvalue weighted by molar-refractivity contribution is 7.98. The average molecular weight is 355 g/mol. The summed E-state index contributed by atoms with van der Waals surface area (Å²) in [5.41, 5.74) is 0. The maximum Gasteiger partial charge on any atom is 0.332 e. The lowest BCUT2D eigenvalue weighted by atomic mass is 10.3. The maximum atomic E-state index is 13.0. The first-order valence-corrected chi connectivity index (χ1v) is 10.3. The van der Waals surface area contributed by atoms with Gasteiger partial charge in [0.25, 0.3) is 0 Å². The molecule has 0 aliphatic heterocycles. The summed E-state index contributed by atoms with van der Waals surface area (Å²) < 4.78 is 60.7. The highest BCUT2D eigenvalue weighted by atomic mass is 32.3. The van der Waals surface area contributed by atoms with Crippen molar-refractivity contribution in [3.8, 4) is 0 Å². The molecule has 9 heteroatoms. The summed E-state index contributed by atoms with van der Waals surface area (Å²) in [5.74, 6) is 0.805. The molecule has 0 aromatic heterocycles. The van der Waals surface area contributed by atoms with Crippen LogP contribution in [0.1, 0.15) is 13.3 Å². The van der Waals surface area contributed by atoms with Gasteiger partial charge in [0.2, 0.25) is 10.0 Å². The van der Waals surface area contributed by atoms with Crippen molar-refractivity contribution < 1.29 is 20.7 Å². The van der Waals surface area contributed by atoms with Crippen LogP contribution in [0.3, 0.4) is 0 Å². The van der Waals surface area contributed by atoms with Gasteiger partial charge in [0, 0.05) is 13.1 Å². The minimum absolute atomic E-state index is 0.236. The molecule has 1 unspecified atom stereocenters. The first-order valence-electron chi connectivity index (χ1n) is 6.12. The van der Waals surface area contributed by atoms with E-state index >= 15 is 0 Å². The van der Waals surface area contributed by atoms with Gasteiger partial charge in [-0.25, -0.2) is 8.42 Å². The van der Waals surface area contributed by atoms with E-state index in [1.807, 2.05) is 6.26 Å². The highest BCUT2D eigenvalue weighted by Gasteiger charge is 2.26. The molecule has 0 saturated carbocycles. The standard InChI is InChI=1S/C12H18FNO4S3/c1-10(7-8-19-3)14(2)21(17,18)12-6-4-5-11(9-12)20(13,15)16/h4-6,9-10H,7-8H2,1-3H3. The lowest BCUT2D eigenvalue weighted by Crippen LogP contribution is -2.35. The van der Waals surface area contributed by atoms with Crippen LogP contribution in [0.15, 0.2) is 34.1 Å². The fraction of sp³-hybridized carbons (Fsp3) is 0.500. The van der Waals surface area contributed by atoms with Crippen molar-refractivity contribution in [1.29, 1.82) is 0 Å². The minimum Gasteiger partial charge on any atom is -0.207 e. The molecule has 0 amide bonds. The first-order chi connectivity index (χ1) is 9.60. The number of sulfonamides is 1. The van der Waals surface area contributed by atoms with Gasteiger partial charge in [-0.05, 0) is 43.6 Å². The first kappa shape index (κ1) is 18.4. The zero-order valence-electron chi connectivity index (χ0n) is 12.0. The van der Waals surface area contributed by atoms with Crippen LogP contribution in [0.5, 0.6) is 0 Å². The number of hydrogen-bond donors (Lipinski definition) is 0. The van der Waals surface area contributed by atoms with E-state index in [1.165, 1.54) is 23.5 Å². The molecule has 1 rings (SSSR count). The van der Waals surface area contributed by atoms with Crippen LogP contribution in [0.4, 0.5) is 3.89 Å². The summed E-state index contributed by atoms with van der Waals surface area (Å²) in [5, 5.41) is 0. The Morgan fingerprint density at radius 1 is 1.24 bits per heavy atom. The van der Waals surface area contributed by atoms with Crippen LogP contribution in [-0.4, -0.2) is 46.2 Å². The number of halogens is 1. The van der Waals surface area contributed by atoms with Crippen LogP contribution in [0, 0.1) is 0 Å². The third-order valence-electron chi connectivity index (χ3n) is 3.12. The van der Waals surface area contributed by atoms with E-state index in [9.17, 15) is 20.7 Å². The number of rotatable bonds is 7. The summed E-state index contributed by atoms with van der Waals surface area (Å²) in [7, 11) is -7.36. The van der Waals surface area contributed by atoms with Crippen LogP contribution in [-0.2, 0) is 20.2 Å². The minimum atomic E-state index is -4.93. The average Bonchev–Trinajstić information content (AvgIpc) is 2.43. The van der Waals surface area contributed by atoms with Gasteiger partial charge in [-0.15, -0.1) is 3.89 Å². The molecule has 0 heterocycles. The summed E-state index contributed by atoms with van der Waals surface area (Å²) in [6.45, 7) is 1.77. The molecule has 21 heavy (non-hydrogen) atoms. The van der Waals surface area contributed by atoms with Crippen LogP contribution in [0.25, 0.3) is 0 Å². The summed E-state index contributed by atoms with van der Waals surface area (Å²) >= 11 is 1.61. The monoisotopic (exact) mass is 355 g/mol. The fourth-order valence-electron chi connectivity index (χ4n) is 1.66. The van der Waals surface area contributed by atoms with Gasteiger partial charge in [0.1, 0.15) is 0 Å². The Hall–Kier alpha value is -0.640. The van der Waals surface area contributed by atoms with E-state index in [0.29, 0.717) is 6.42 Å². The van der Waals surface area contributed by atoms with Gasteiger partial charge in [-0.2, -0.15) is 24.5 Å². The lowest BCUT2D eigenvalue weighted by molar-refractivity contribution is 0.382. The normalized spacial score (nSPS) is 14.3. The van der Waals surface area contributed by atoms with Crippen molar-refractivity contribution in [3.05, 3.63) is 24.3 Å². The quantitative estimate of drug-likeness (QED) is 0.701. The third-order valence-corrected chi connectivity index (χ3v) is 6.55. The van der Waals surface area contributed by atoms with Crippen molar-refractivity contribution in [1.82, 2.24) is 4.31 Å². The zero-order valence-corrected chi connectivity index (χ0v) is 14.4. The molecule has 0 radical (unpaired) electrons. The van der Waals surface area contributed by atoms with Gasteiger partial charge in [-0.1, -0.05) is 6.07 Å². The van der Waals surface area contributed by atoms with Crippen molar-refractivity contribution in [2.75, 3.05) is 19.1 Å². The number of benzene rings is 1. The number of nitrogens with zero attached hydrogens (tertiary/aromatic N) is 1. The molecule has 0 aliphatic carbocycles. The van der Waals surface area contributed by atoms with Crippen LogP contribution >= 0.6 is 11.8 Å². The summed E-state index contributed by atoms with van der Waals surface area (Å²) in [6, 6.07) is 4.07. The Labute approximate surface area is 129 Å². The second-order valence-corrected chi connectivity index (χ2v) is 8.89. The largest absolute Gasteiger partial charge is 0.332 e. The predicted molar refractivity (Wildman–Crippen MR) is 82.1 cm³/mol. The van der Waals surface area contributed by atoms with Gasteiger partial charge >= 0.3 is 10.2 Å². The zero-order chi connectivity index (χ0) is 16.3. The van der Waals surface area contributed by atoms with E-state index < -0.39 is 25.1 Å². The third kappa shape index (κ3) is 4.67. The Balaban J connectivity index is 3.14. The Bertz CT molecular complexity index is 688. The lowest BCUT2D eigenvalue weighted by Gasteiger charge is -2.24. The SMILES string of the molecule is CSCCC(C)N(C)S(=O)(=O)c1cccc(S(=O)(=O)F)c1. The van der Waals surface area contributed by atoms with Gasteiger partial charge < -0.3 is 0 Å². The van der Waals surface area contributed by atoms with Crippen molar-refractivity contribution in [3.63, 3.8) is 0 Å². The number of hydrogen-bond acceptors (Lipinski definition) is 5. The van der Waals surface area contributed by atoms with Crippen LogP contribution in [0.2, 0.25) is 0 Å². The van der Waals surface area contributed by atoms with E-state index in [0.717, 1.165) is 17.9 Å². The molecule has 0 fully saturated rings. The molecule has 0 spiro atoms. The molecular formula is C12H18FNO4S3. The molecule has 5 nitrogen and oxygen atoms in total. The molecule has 0 aliphatic rings. The molecule has 1 atom stereocenters. The molecule has 0 bridgehead atoms. The molecule has 0 N–H and O–H groups in total. The summed E-state index contributed by atoms with van der Waals surface area (Å²) in [4.78, 5) is -0.895. The predicted octanol–water partition coefficient (Wildman–Crippen LogP) is 2.11. The molecule has 0 saturated heterocycles. The fourth-order valence-corrected chi connectivity index (χ4v) is 4.26. The Morgan fingerprint density at radius 2 is 1.81 bits per heavy atom. The topological polar surface area (TPSA) is 71.5 Å². The Morgan fingerprint density at radius 3 is 2.33 bits per heavy atom. The van der Waals surface area contributed by atoms with E-state index in [1.54, 1.807) is 18.7 Å². The van der Waals surface area contributed by atoms with E-state index in [4.69, 9.17) is 0 Å². The van der Waals surface area contributed by atoms with Crippen molar-refractivity contribution >= 4 is 32.0 Å². The highest BCUT2D eigenvalue weighted by Crippen LogP contribution is 2.22. The second-order valence-electron chi connectivity index (χ2n) is 4.56. The van der Waals surface area contributed by atoms with E-state index in [2.05, 4.69) is 0 Å². The van der Waals surface area contributed by atoms with Crippen LogP contribution < -0.4 is 0 Å². The number of thioether (sulfide) groups is 1.